The largest absolute Gasteiger partial charge is 0.491 e. The molecule has 1 saturated carbocycles. The molecule has 0 saturated heterocycles. The molecule has 0 radical (unpaired) electrons. The molecule has 1 aliphatic carbocycles. The molecule has 1 heterocycles. The van der Waals surface area contributed by atoms with Gasteiger partial charge in [-0.1, -0.05) is 18.5 Å². The first kappa shape index (κ1) is 18.5. The zero-order valence-electron chi connectivity index (χ0n) is 14.7. The van der Waals surface area contributed by atoms with E-state index in [-0.39, 0.29) is 24.0 Å². The van der Waals surface area contributed by atoms with Crippen LogP contribution in [0.4, 0.5) is 0 Å². The normalized spacial score (nSPS) is 26.5. The van der Waals surface area contributed by atoms with Crippen molar-refractivity contribution in [3.8, 4) is 5.75 Å². The quantitative estimate of drug-likeness (QED) is 0.889. The van der Waals surface area contributed by atoms with E-state index in [1.807, 2.05) is 23.1 Å². The van der Waals surface area contributed by atoms with Gasteiger partial charge in [-0.15, -0.1) is 0 Å². The molecule has 25 heavy (non-hydrogen) atoms. The van der Waals surface area contributed by atoms with Crippen LogP contribution < -0.4 is 10.5 Å². The molecular weight excluding hydrogens is 340 g/mol. The maximum Gasteiger partial charge on any atom is 0.226 e. The van der Waals surface area contributed by atoms with Crippen molar-refractivity contribution in [1.82, 2.24) is 4.90 Å². The van der Waals surface area contributed by atoms with E-state index in [1.165, 1.54) is 0 Å². The molecule has 2 aliphatic rings. The number of halogens is 1. The number of fused-ring (bicyclic) bond motifs is 1. The summed E-state index contributed by atoms with van der Waals surface area (Å²) in [5.74, 6) is 0.963. The van der Waals surface area contributed by atoms with Gasteiger partial charge in [-0.3, -0.25) is 4.79 Å². The molecule has 3 atom stereocenters. The lowest BCUT2D eigenvalue weighted by Crippen LogP contribution is -2.47. The number of rotatable bonds is 4. The van der Waals surface area contributed by atoms with Gasteiger partial charge in [0.1, 0.15) is 12.4 Å². The van der Waals surface area contributed by atoms with Gasteiger partial charge in [0.15, 0.2) is 0 Å². The third-order valence-electron chi connectivity index (χ3n) is 5.04. The van der Waals surface area contributed by atoms with E-state index < -0.39 is 0 Å². The molecule has 1 amide bonds. The minimum atomic E-state index is -0.0256. The fraction of sp³-hybridized carbons (Fsp3) is 0.632. The summed E-state index contributed by atoms with van der Waals surface area (Å²) < 4.78 is 11.6. The lowest BCUT2D eigenvalue weighted by Gasteiger charge is -2.35. The van der Waals surface area contributed by atoms with Crippen LogP contribution in [0.2, 0.25) is 5.02 Å². The predicted molar refractivity (Wildman–Crippen MR) is 97.7 cm³/mol. The maximum atomic E-state index is 13.1. The molecule has 0 spiro atoms. The number of benzene rings is 1. The fourth-order valence-corrected chi connectivity index (χ4v) is 3.84. The molecule has 1 fully saturated rings. The van der Waals surface area contributed by atoms with Crippen molar-refractivity contribution in [3.63, 3.8) is 0 Å². The van der Waals surface area contributed by atoms with Gasteiger partial charge in [0.05, 0.1) is 12.6 Å². The van der Waals surface area contributed by atoms with Gasteiger partial charge in [0.2, 0.25) is 5.91 Å². The zero-order chi connectivity index (χ0) is 17.8. The third-order valence-corrected chi connectivity index (χ3v) is 5.28. The molecule has 0 unspecified atom stereocenters. The second-order valence-corrected chi connectivity index (χ2v) is 7.38. The topological polar surface area (TPSA) is 64.8 Å². The van der Waals surface area contributed by atoms with Crippen LogP contribution in [0.1, 0.15) is 38.2 Å². The zero-order valence-corrected chi connectivity index (χ0v) is 15.5. The lowest BCUT2D eigenvalue weighted by molar-refractivity contribution is -0.139. The first-order valence-electron chi connectivity index (χ1n) is 9.15. The molecule has 6 heteroatoms. The molecule has 0 bridgehead atoms. The highest BCUT2D eigenvalue weighted by Crippen LogP contribution is 2.31. The van der Waals surface area contributed by atoms with E-state index in [1.54, 1.807) is 0 Å². The van der Waals surface area contributed by atoms with E-state index in [0.717, 1.165) is 30.6 Å². The number of carbonyl (C=O) groups excluding carboxylic acids is 1. The molecule has 2 N–H and O–H groups in total. The van der Waals surface area contributed by atoms with Gasteiger partial charge in [0.25, 0.3) is 0 Å². The highest BCUT2D eigenvalue weighted by molar-refractivity contribution is 6.30. The average Bonchev–Trinajstić information content (AvgIpc) is 2.82. The average molecular weight is 367 g/mol. The first-order chi connectivity index (χ1) is 12.1. The Hall–Kier alpha value is -1.30. The van der Waals surface area contributed by atoms with Crippen molar-refractivity contribution in [1.29, 1.82) is 0 Å². The van der Waals surface area contributed by atoms with Crippen LogP contribution in [-0.2, 0) is 16.1 Å². The number of amides is 1. The van der Waals surface area contributed by atoms with Crippen LogP contribution in [-0.4, -0.2) is 42.7 Å². The summed E-state index contributed by atoms with van der Waals surface area (Å²) in [6, 6.07) is 5.60. The highest BCUT2D eigenvalue weighted by Gasteiger charge is 2.35. The molecule has 138 valence electrons. The van der Waals surface area contributed by atoms with Crippen molar-refractivity contribution < 1.29 is 14.3 Å². The summed E-state index contributed by atoms with van der Waals surface area (Å²) in [6.45, 7) is 4.41. The van der Waals surface area contributed by atoms with E-state index in [9.17, 15) is 4.79 Å². The molecule has 5 nitrogen and oxygen atoms in total. The van der Waals surface area contributed by atoms with Crippen LogP contribution in [0.3, 0.4) is 0 Å². The van der Waals surface area contributed by atoms with Crippen LogP contribution in [0, 0.1) is 5.92 Å². The van der Waals surface area contributed by atoms with E-state index in [2.05, 4.69) is 6.92 Å². The standard InChI is InChI=1S/C19H27ClN2O3/c1-2-8-24-18-11-13(3-5-16(18)21)19(23)22-7-9-25-17-6-4-15(20)10-14(17)12-22/h4,6,10,13,16,18H,2-3,5,7-9,11-12,21H2,1H3/t13-,16+,18+/m0/s1. The second-order valence-electron chi connectivity index (χ2n) is 6.94. The summed E-state index contributed by atoms with van der Waals surface area (Å²) >= 11 is 6.10. The molecule has 1 aliphatic heterocycles. The SMILES string of the molecule is CCCO[C@@H]1C[C@@H](C(=O)N2CCOc3ccc(Cl)cc3C2)CC[C@H]1N. The van der Waals surface area contributed by atoms with Crippen molar-refractivity contribution >= 4 is 17.5 Å². The number of carbonyl (C=O) groups is 1. The molecular formula is C19H27ClN2O3. The maximum absolute atomic E-state index is 13.1. The van der Waals surface area contributed by atoms with Crippen molar-refractivity contribution in [2.24, 2.45) is 11.7 Å². The van der Waals surface area contributed by atoms with E-state index >= 15 is 0 Å². The van der Waals surface area contributed by atoms with Crippen LogP contribution in [0.25, 0.3) is 0 Å². The summed E-state index contributed by atoms with van der Waals surface area (Å²) in [5.41, 5.74) is 7.14. The van der Waals surface area contributed by atoms with Crippen LogP contribution >= 0.6 is 11.6 Å². The Morgan fingerprint density at radius 3 is 3.08 bits per heavy atom. The minimum absolute atomic E-state index is 0.0207. The van der Waals surface area contributed by atoms with Crippen molar-refractivity contribution in [3.05, 3.63) is 28.8 Å². The fourth-order valence-electron chi connectivity index (χ4n) is 3.65. The molecule has 3 rings (SSSR count). The summed E-state index contributed by atoms with van der Waals surface area (Å²) in [7, 11) is 0. The Morgan fingerprint density at radius 2 is 2.28 bits per heavy atom. The number of nitrogens with two attached hydrogens (primary N) is 1. The first-order valence-corrected chi connectivity index (χ1v) is 9.53. The number of hydrogen-bond donors (Lipinski definition) is 1. The summed E-state index contributed by atoms with van der Waals surface area (Å²) in [5, 5.41) is 0.660. The Labute approximate surface area is 154 Å². The van der Waals surface area contributed by atoms with Gasteiger partial charge in [-0.25, -0.2) is 0 Å². The number of nitrogens with zero attached hydrogens (tertiary/aromatic N) is 1. The Bertz CT molecular complexity index is 610. The van der Waals surface area contributed by atoms with Crippen LogP contribution in [0.5, 0.6) is 5.75 Å². The van der Waals surface area contributed by atoms with Gasteiger partial charge < -0.3 is 20.1 Å². The Morgan fingerprint density at radius 1 is 1.44 bits per heavy atom. The third kappa shape index (κ3) is 4.46. The van der Waals surface area contributed by atoms with Gasteiger partial charge >= 0.3 is 0 Å². The lowest BCUT2D eigenvalue weighted by atomic mass is 9.83. The number of hydrogen-bond acceptors (Lipinski definition) is 4. The smallest absolute Gasteiger partial charge is 0.226 e. The monoisotopic (exact) mass is 366 g/mol. The van der Waals surface area contributed by atoms with E-state index in [4.69, 9.17) is 26.8 Å². The van der Waals surface area contributed by atoms with Crippen molar-refractivity contribution in [2.75, 3.05) is 19.8 Å². The Kier molecular flexibility index (Phi) is 6.20. The van der Waals surface area contributed by atoms with Crippen LogP contribution in [0.15, 0.2) is 18.2 Å². The van der Waals surface area contributed by atoms with Crippen molar-refractivity contribution in [2.45, 2.75) is 51.3 Å². The highest BCUT2D eigenvalue weighted by atomic mass is 35.5. The Balaban J connectivity index is 1.67. The van der Waals surface area contributed by atoms with E-state index in [0.29, 0.717) is 37.7 Å². The number of ether oxygens (including phenoxy) is 2. The summed E-state index contributed by atoms with van der Waals surface area (Å²) in [4.78, 5) is 15.0. The van der Waals surface area contributed by atoms with Gasteiger partial charge in [0, 0.05) is 35.7 Å². The second kappa shape index (κ2) is 8.39. The summed E-state index contributed by atoms with van der Waals surface area (Å²) in [6.07, 6.45) is 3.30. The van der Waals surface area contributed by atoms with Gasteiger partial charge in [-0.05, 0) is 43.9 Å². The minimum Gasteiger partial charge on any atom is -0.491 e. The molecule has 0 aromatic heterocycles. The molecule has 1 aromatic carbocycles. The predicted octanol–water partition coefficient (Wildman–Crippen LogP) is 2.98. The van der Waals surface area contributed by atoms with Gasteiger partial charge in [-0.2, -0.15) is 0 Å². The molecule has 1 aromatic rings.